The SMILES string of the molecule is COc1ccc(N2C(=O)CSC2=NC(=O)NC(C)CCCc2ccc(-c3ncn(-c4ccc(OC(F)(F)F)cc4)n3)cc2)c(C(C)C)c1. The van der Waals surface area contributed by atoms with Gasteiger partial charge < -0.3 is 14.8 Å². The Kier molecular flexibility index (Phi) is 10.7. The van der Waals surface area contributed by atoms with E-state index in [1.54, 1.807) is 13.2 Å². The van der Waals surface area contributed by atoms with Gasteiger partial charge in [-0.15, -0.1) is 18.3 Å². The number of alkyl halides is 3. The van der Waals surface area contributed by atoms with E-state index < -0.39 is 12.4 Å². The number of aromatic nitrogens is 3. The van der Waals surface area contributed by atoms with Crippen LogP contribution in [-0.4, -0.2) is 57.1 Å². The third kappa shape index (κ3) is 8.73. The van der Waals surface area contributed by atoms with Crippen LogP contribution in [0.5, 0.6) is 11.5 Å². The van der Waals surface area contributed by atoms with Gasteiger partial charge in [0.25, 0.3) is 0 Å². The van der Waals surface area contributed by atoms with Crippen molar-refractivity contribution in [1.82, 2.24) is 20.1 Å². The normalized spacial score (nSPS) is 14.9. The molecule has 10 nitrogen and oxygen atoms in total. The van der Waals surface area contributed by atoms with Gasteiger partial charge in [0.15, 0.2) is 11.0 Å². The number of ether oxygens (including phenoxy) is 2. The van der Waals surface area contributed by atoms with Crippen molar-refractivity contribution in [3.8, 4) is 28.6 Å². The number of benzene rings is 3. The van der Waals surface area contributed by atoms with Crippen LogP contribution < -0.4 is 19.7 Å². The van der Waals surface area contributed by atoms with E-state index in [0.29, 0.717) is 28.1 Å². The van der Waals surface area contributed by atoms with E-state index in [9.17, 15) is 22.8 Å². The standard InChI is InChI=1S/C34H35F3N6O4S/c1-21(2)28-18-27(46-4)16-17-29(28)43-30(44)19-48-33(43)40-32(45)39-22(3)6-5-7-23-8-10-24(11-9-23)31-38-20-42(41-31)25-12-14-26(15-13-25)47-34(35,36)37/h8-18,20-22H,5-7,19H2,1-4H3,(H,39,45). The van der Waals surface area contributed by atoms with Gasteiger partial charge in [-0.1, -0.05) is 49.9 Å². The molecule has 48 heavy (non-hydrogen) atoms. The van der Waals surface area contributed by atoms with Gasteiger partial charge in [0.05, 0.1) is 24.2 Å². The lowest BCUT2D eigenvalue weighted by atomic mass is 10.00. The lowest BCUT2D eigenvalue weighted by molar-refractivity contribution is -0.274. The maximum Gasteiger partial charge on any atom is 0.573 e. The number of carbonyl (C=O) groups is 2. The Balaban J connectivity index is 1.12. The number of urea groups is 1. The Bertz CT molecular complexity index is 1770. The molecule has 2 heterocycles. The second-order valence-corrected chi connectivity index (χ2v) is 12.4. The van der Waals surface area contributed by atoms with Gasteiger partial charge in [-0.25, -0.2) is 14.5 Å². The van der Waals surface area contributed by atoms with E-state index in [0.717, 1.165) is 36.0 Å². The first-order chi connectivity index (χ1) is 22.9. The summed E-state index contributed by atoms with van der Waals surface area (Å²) in [5.74, 6) is 1.06. The molecule has 0 spiro atoms. The number of rotatable bonds is 11. The van der Waals surface area contributed by atoms with Crippen LogP contribution in [-0.2, 0) is 11.2 Å². The predicted molar refractivity (Wildman–Crippen MR) is 179 cm³/mol. The van der Waals surface area contributed by atoms with Crippen LogP contribution >= 0.6 is 11.8 Å². The number of anilines is 1. The van der Waals surface area contributed by atoms with E-state index in [1.165, 1.54) is 51.9 Å². The number of thioether (sulfide) groups is 1. The zero-order valence-electron chi connectivity index (χ0n) is 26.8. The fourth-order valence-corrected chi connectivity index (χ4v) is 6.02. The molecule has 3 amide bonds. The molecule has 252 valence electrons. The van der Waals surface area contributed by atoms with Gasteiger partial charge in [0.2, 0.25) is 5.91 Å². The van der Waals surface area contributed by atoms with Crippen LogP contribution in [0.1, 0.15) is 50.7 Å². The minimum absolute atomic E-state index is 0.125. The van der Waals surface area contributed by atoms with Gasteiger partial charge in [-0.05, 0) is 85.7 Å². The molecule has 14 heteroatoms. The Morgan fingerprint density at radius 3 is 2.42 bits per heavy atom. The summed E-state index contributed by atoms with van der Waals surface area (Å²) in [6.45, 7) is 5.99. The molecule has 1 unspecified atom stereocenters. The third-order valence-corrected chi connectivity index (χ3v) is 8.49. The highest BCUT2D eigenvalue weighted by Crippen LogP contribution is 2.35. The van der Waals surface area contributed by atoms with Crippen molar-refractivity contribution in [2.45, 2.75) is 58.4 Å². The van der Waals surface area contributed by atoms with E-state index in [-0.39, 0.29) is 29.4 Å². The van der Waals surface area contributed by atoms with E-state index in [1.807, 2.05) is 57.2 Å². The van der Waals surface area contributed by atoms with Crippen LogP contribution in [0.2, 0.25) is 0 Å². The first-order valence-corrected chi connectivity index (χ1v) is 16.3. The molecule has 1 saturated heterocycles. The first-order valence-electron chi connectivity index (χ1n) is 15.3. The number of amidine groups is 1. The molecule has 0 bridgehead atoms. The van der Waals surface area contributed by atoms with Crippen molar-refractivity contribution in [3.63, 3.8) is 0 Å². The molecule has 0 saturated carbocycles. The smallest absolute Gasteiger partial charge is 0.497 e. The first kappa shape index (κ1) is 34.5. The van der Waals surface area contributed by atoms with Gasteiger partial charge in [-0.2, -0.15) is 4.99 Å². The molecule has 5 rings (SSSR count). The summed E-state index contributed by atoms with van der Waals surface area (Å²) in [4.78, 5) is 35.8. The van der Waals surface area contributed by atoms with Crippen molar-refractivity contribution in [1.29, 1.82) is 0 Å². The molecule has 0 radical (unpaired) electrons. The Morgan fingerprint density at radius 2 is 1.75 bits per heavy atom. The number of hydrogen-bond acceptors (Lipinski definition) is 7. The van der Waals surface area contributed by atoms with Gasteiger partial charge >= 0.3 is 12.4 Å². The van der Waals surface area contributed by atoms with Gasteiger partial charge in [0, 0.05) is 11.6 Å². The summed E-state index contributed by atoms with van der Waals surface area (Å²) in [7, 11) is 1.60. The molecule has 3 aromatic carbocycles. The average Bonchev–Trinajstić information content (AvgIpc) is 3.67. The lowest BCUT2D eigenvalue weighted by Crippen LogP contribution is -2.34. The maximum atomic E-state index is 12.8. The van der Waals surface area contributed by atoms with Crippen molar-refractivity contribution < 1.29 is 32.2 Å². The number of methoxy groups -OCH3 is 1. The minimum atomic E-state index is -4.75. The molecule has 1 aromatic heterocycles. The maximum absolute atomic E-state index is 12.8. The number of halogens is 3. The van der Waals surface area contributed by atoms with E-state index in [4.69, 9.17) is 4.74 Å². The Hall–Kier alpha value is -4.85. The Labute approximate surface area is 280 Å². The van der Waals surface area contributed by atoms with Crippen molar-refractivity contribution >= 4 is 34.6 Å². The monoisotopic (exact) mass is 680 g/mol. The fraction of sp³-hybridized carbons (Fsp3) is 0.324. The minimum Gasteiger partial charge on any atom is -0.497 e. The molecule has 0 aliphatic carbocycles. The highest BCUT2D eigenvalue weighted by molar-refractivity contribution is 8.15. The topological polar surface area (TPSA) is 111 Å². The molecule has 1 N–H and O–H groups in total. The van der Waals surface area contributed by atoms with Gasteiger partial charge in [0.1, 0.15) is 17.8 Å². The zero-order chi connectivity index (χ0) is 34.4. The summed E-state index contributed by atoms with van der Waals surface area (Å²) < 4.78 is 48.0. The quantitative estimate of drug-likeness (QED) is 0.174. The van der Waals surface area contributed by atoms with E-state index in [2.05, 4.69) is 25.1 Å². The molecule has 1 fully saturated rings. The third-order valence-electron chi connectivity index (χ3n) is 7.57. The lowest BCUT2D eigenvalue weighted by Gasteiger charge is -2.22. The number of nitrogens with one attached hydrogen (secondary N) is 1. The summed E-state index contributed by atoms with van der Waals surface area (Å²) in [5.41, 5.74) is 4.06. The predicted octanol–water partition coefficient (Wildman–Crippen LogP) is 7.52. The molecule has 1 aliphatic heterocycles. The van der Waals surface area contributed by atoms with Gasteiger partial charge in [-0.3, -0.25) is 9.69 Å². The number of hydrogen-bond donors (Lipinski definition) is 1. The molecular formula is C34H35F3N6O4S. The second-order valence-electron chi connectivity index (χ2n) is 11.5. The summed E-state index contributed by atoms with van der Waals surface area (Å²) in [6, 6.07) is 18.1. The van der Waals surface area contributed by atoms with E-state index >= 15 is 0 Å². The molecule has 1 aliphatic rings. The summed E-state index contributed by atoms with van der Waals surface area (Å²) in [5, 5.41) is 7.72. The van der Waals surface area contributed by atoms with Crippen LogP contribution in [0.4, 0.5) is 23.7 Å². The van der Waals surface area contributed by atoms with Crippen LogP contribution in [0, 0.1) is 0 Å². The Morgan fingerprint density at radius 1 is 1.04 bits per heavy atom. The highest BCUT2D eigenvalue weighted by atomic mass is 32.2. The van der Waals surface area contributed by atoms with Crippen LogP contribution in [0.15, 0.2) is 78.0 Å². The van der Waals surface area contributed by atoms with Crippen LogP contribution in [0.3, 0.4) is 0 Å². The average molecular weight is 681 g/mol. The number of nitrogens with zero attached hydrogens (tertiary/aromatic N) is 5. The molecule has 1 atom stereocenters. The summed E-state index contributed by atoms with van der Waals surface area (Å²) >= 11 is 1.24. The number of aryl methyl sites for hydroxylation is 1. The fourth-order valence-electron chi connectivity index (χ4n) is 5.16. The second kappa shape index (κ2) is 14.9. The molecular weight excluding hydrogens is 645 g/mol. The largest absolute Gasteiger partial charge is 0.573 e. The number of amides is 3. The molecule has 4 aromatic rings. The van der Waals surface area contributed by atoms with Crippen molar-refractivity contribution in [2.24, 2.45) is 4.99 Å². The van der Waals surface area contributed by atoms with Crippen LogP contribution in [0.25, 0.3) is 17.1 Å². The van der Waals surface area contributed by atoms with Crippen molar-refractivity contribution in [2.75, 3.05) is 17.8 Å². The summed E-state index contributed by atoms with van der Waals surface area (Å²) in [6.07, 6.45) is -0.928. The highest BCUT2D eigenvalue weighted by Gasteiger charge is 2.33. The van der Waals surface area contributed by atoms with Crippen molar-refractivity contribution in [3.05, 3.63) is 84.2 Å². The zero-order valence-corrected chi connectivity index (χ0v) is 27.6. The number of carbonyl (C=O) groups excluding carboxylic acids is 2. The number of aliphatic imine (C=N–C) groups is 1.